The van der Waals surface area contributed by atoms with E-state index in [1.807, 2.05) is 0 Å². The molecule has 11 nitrogen and oxygen atoms in total. The van der Waals surface area contributed by atoms with Gasteiger partial charge in [-0.2, -0.15) is 10.1 Å². The van der Waals surface area contributed by atoms with Crippen LogP contribution in [0.4, 0.5) is 36.4 Å². The Kier molecular flexibility index (Phi) is 6.22. The number of nitrogens with zero attached hydrogens (tertiary/aromatic N) is 6. The number of pyridine rings is 1. The number of piperidine rings is 1. The van der Waals surface area contributed by atoms with Crippen molar-refractivity contribution in [1.29, 1.82) is 5.53 Å². The molecule has 0 radical (unpaired) electrons. The Labute approximate surface area is 192 Å². The largest absolute Gasteiger partial charge is 0.382 e. The van der Waals surface area contributed by atoms with E-state index < -0.39 is 31.1 Å². The fourth-order valence-corrected chi connectivity index (χ4v) is 3.85. The van der Waals surface area contributed by atoms with Gasteiger partial charge in [0.25, 0.3) is 5.92 Å². The van der Waals surface area contributed by atoms with E-state index in [-0.39, 0.29) is 42.8 Å². The summed E-state index contributed by atoms with van der Waals surface area (Å²) in [5.74, 6) is -3.37. The number of anilines is 3. The average molecular weight is 476 g/mol. The van der Waals surface area contributed by atoms with Gasteiger partial charge in [0.1, 0.15) is 17.9 Å². The predicted octanol–water partition coefficient (Wildman–Crippen LogP) is 3.09. The molecule has 0 aromatic carbocycles. The maximum absolute atomic E-state index is 14.6. The number of nitrogens with two attached hydrogens (primary N) is 1. The minimum absolute atomic E-state index is 0.00569. The van der Waals surface area contributed by atoms with Gasteiger partial charge >= 0.3 is 0 Å². The lowest BCUT2D eigenvalue weighted by Gasteiger charge is -2.38. The van der Waals surface area contributed by atoms with Crippen LogP contribution in [0.1, 0.15) is 13.3 Å². The number of amides is 1. The van der Waals surface area contributed by atoms with Crippen molar-refractivity contribution in [3.63, 3.8) is 0 Å². The number of nitrogens with one attached hydrogen (secondary N) is 3. The summed E-state index contributed by atoms with van der Waals surface area (Å²) >= 11 is 0. The lowest BCUT2D eigenvalue weighted by Crippen LogP contribution is -2.55. The zero-order valence-corrected chi connectivity index (χ0v) is 18.2. The third kappa shape index (κ3) is 4.43. The summed E-state index contributed by atoms with van der Waals surface area (Å²) < 4.78 is 43.2. The Bertz CT molecular complexity index is 1230. The fourth-order valence-electron chi connectivity index (χ4n) is 3.85. The summed E-state index contributed by atoms with van der Waals surface area (Å²) in [5.41, 5.74) is 15.1. The van der Waals surface area contributed by atoms with Crippen LogP contribution >= 0.6 is 0 Å². The number of hydrogen-bond acceptors (Lipinski definition) is 9. The van der Waals surface area contributed by atoms with Crippen molar-refractivity contribution in [2.75, 3.05) is 42.7 Å². The highest BCUT2D eigenvalue weighted by Gasteiger charge is 2.45. The number of likely N-dealkylation sites (tertiary alicyclic amines) is 1. The quantitative estimate of drug-likeness (QED) is 0.383. The van der Waals surface area contributed by atoms with Crippen LogP contribution in [-0.4, -0.2) is 68.7 Å². The van der Waals surface area contributed by atoms with E-state index in [2.05, 4.69) is 30.8 Å². The zero-order chi connectivity index (χ0) is 24.5. The Morgan fingerprint density at radius 3 is 2.82 bits per heavy atom. The Hall–Kier alpha value is -3.97. The van der Waals surface area contributed by atoms with Gasteiger partial charge < -0.3 is 21.3 Å². The molecule has 4 rings (SSSR count). The molecule has 1 amide bonds. The molecule has 3 aromatic rings. The summed E-state index contributed by atoms with van der Waals surface area (Å²) in [7, 11) is 0. The molecule has 34 heavy (non-hydrogen) atoms. The minimum atomic E-state index is -3.17. The van der Waals surface area contributed by atoms with Gasteiger partial charge in [-0.3, -0.25) is 4.79 Å². The smallest absolute Gasteiger partial charge is 0.285 e. The van der Waals surface area contributed by atoms with Crippen molar-refractivity contribution in [1.82, 2.24) is 24.5 Å². The number of alkyl halides is 3. The highest BCUT2D eigenvalue weighted by atomic mass is 19.3. The maximum atomic E-state index is 14.6. The predicted molar refractivity (Wildman–Crippen MR) is 119 cm³/mol. The number of carbonyl (C=O) groups is 1. The number of rotatable bonds is 7. The van der Waals surface area contributed by atoms with Gasteiger partial charge in [0.2, 0.25) is 11.9 Å². The van der Waals surface area contributed by atoms with E-state index in [0.29, 0.717) is 16.8 Å². The van der Waals surface area contributed by atoms with E-state index in [0.717, 1.165) is 4.90 Å². The number of nitrogen functional groups attached to an aromatic ring is 1. The molecule has 0 unspecified atom stereocenters. The zero-order valence-electron chi connectivity index (χ0n) is 18.2. The summed E-state index contributed by atoms with van der Waals surface area (Å²) in [5, 5.41) is 13.1. The lowest BCUT2D eigenvalue weighted by atomic mass is 10.0. The van der Waals surface area contributed by atoms with Crippen LogP contribution in [0.25, 0.3) is 16.8 Å². The third-order valence-electron chi connectivity index (χ3n) is 5.54. The van der Waals surface area contributed by atoms with Gasteiger partial charge in [0.05, 0.1) is 18.3 Å². The Morgan fingerprint density at radius 1 is 1.35 bits per heavy atom. The van der Waals surface area contributed by atoms with Crippen molar-refractivity contribution < 1.29 is 18.0 Å². The van der Waals surface area contributed by atoms with Gasteiger partial charge in [-0.15, -0.1) is 5.10 Å². The standard InChI is InChI=1S/C20H23F3N10O/c1-11(34)32-8-5-15(20(22,23)10-32)28-19-29-17(24)16-12(4-9-33(16)31-19)13-2-3-14(30-25)18(27-13)26-7-6-21/h2-4,9,15,25H,5-8,10H2,1H3,(H,26,27)(H3,24,28,29,31)/t15-/m1/s1. The topological polar surface area (TPSA) is 150 Å². The molecule has 1 aliphatic rings. The second-order valence-electron chi connectivity index (χ2n) is 7.82. The Morgan fingerprint density at radius 2 is 2.15 bits per heavy atom. The third-order valence-corrected chi connectivity index (χ3v) is 5.54. The highest BCUT2D eigenvalue weighted by molar-refractivity contribution is 5.87. The van der Waals surface area contributed by atoms with Crippen molar-refractivity contribution in [2.45, 2.75) is 25.3 Å². The Balaban J connectivity index is 1.62. The summed E-state index contributed by atoms with van der Waals surface area (Å²) in [6.45, 7) is 0.151. The van der Waals surface area contributed by atoms with Gasteiger partial charge in [-0.05, 0) is 24.6 Å². The van der Waals surface area contributed by atoms with Crippen LogP contribution < -0.4 is 16.4 Å². The van der Waals surface area contributed by atoms with Crippen LogP contribution in [0.15, 0.2) is 29.5 Å². The van der Waals surface area contributed by atoms with Gasteiger partial charge in [0.15, 0.2) is 11.6 Å². The maximum Gasteiger partial charge on any atom is 0.285 e. The van der Waals surface area contributed by atoms with Crippen molar-refractivity contribution in [2.24, 2.45) is 5.11 Å². The van der Waals surface area contributed by atoms with E-state index in [9.17, 15) is 18.0 Å². The molecule has 5 N–H and O–H groups in total. The second-order valence-corrected chi connectivity index (χ2v) is 7.82. The first-order valence-electron chi connectivity index (χ1n) is 10.5. The monoisotopic (exact) mass is 476 g/mol. The molecule has 180 valence electrons. The first-order valence-corrected chi connectivity index (χ1v) is 10.5. The van der Waals surface area contributed by atoms with Crippen molar-refractivity contribution >= 4 is 34.7 Å². The van der Waals surface area contributed by atoms with Crippen molar-refractivity contribution in [3.8, 4) is 11.3 Å². The average Bonchev–Trinajstić information content (AvgIpc) is 3.23. The van der Waals surface area contributed by atoms with Crippen molar-refractivity contribution in [3.05, 3.63) is 24.4 Å². The fraction of sp³-hybridized carbons (Fsp3) is 0.400. The molecule has 3 aromatic heterocycles. The molecule has 0 saturated carbocycles. The van der Waals surface area contributed by atoms with Gasteiger partial charge in [-0.1, -0.05) is 0 Å². The van der Waals surface area contributed by atoms with Crippen LogP contribution in [0.5, 0.6) is 0 Å². The molecule has 4 heterocycles. The molecule has 1 fully saturated rings. The summed E-state index contributed by atoms with van der Waals surface area (Å²) in [6.07, 6.45) is 1.61. The number of carbonyl (C=O) groups excluding carboxylic acids is 1. The first kappa shape index (κ1) is 23.2. The minimum Gasteiger partial charge on any atom is -0.382 e. The molecule has 14 heteroatoms. The molecule has 0 aliphatic carbocycles. The van der Waals surface area contributed by atoms with Crippen LogP contribution in [0, 0.1) is 5.53 Å². The van der Waals surface area contributed by atoms with Gasteiger partial charge in [-0.25, -0.2) is 28.2 Å². The molecular weight excluding hydrogens is 453 g/mol. The number of aromatic nitrogens is 4. The van der Waals surface area contributed by atoms with E-state index in [1.165, 1.54) is 11.4 Å². The van der Waals surface area contributed by atoms with Gasteiger partial charge in [0, 0.05) is 31.8 Å². The van der Waals surface area contributed by atoms with Crippen LogP contribution in [0.2, 0.25) is 0 Å². The molecule has 1 aliphatic heterocycles. The SMILES string of the molecule is CC(=O)N1CC[C@@H](Nc2nc(N)c3c(-c4ccc(N=N)c(NCCF)n4)ccn3n2)C(F)(F)C1. The normalized spacial score (nSPS) is 17.5. The number of fused-ring (bicyclic) bond motifs is 1. The second kappa shape index (κ2) is 9.11. The molecular formula is C20H23F3N10O. The van der Waals surface area contributed by atoms with E-state index in [4.69, 9.17) is 11.3 Å². The highest BCUT2D eigenvalue weighted by Crippen LogP contribution is 2.33. The van der Waals surface area contributed by atoms with Crippen LogP contribution in [-0.2, 0) is 4.79 Å². The summed E-state index contributed by atoms with van der Waals surface area (Å²) in [6, 6.07) is 3.60. The molecule has 0 bridgehead atoms. The number of hydrogen-bond donors (Lipinski definition) is 4. The lowest BCUT2D eigenvalue weighted by molar-refractivity contribution is -0.140. The van der Waals surface area contributed by atoms with E-state index in [1.54, 1.807) is 24.4 Å². The van der Waals surface area contributed by atoms with Crippen LogP contribution in [0.3, 0.4) is 0 Å². The summed E-state index contributed by atoms with van der Waals surface area (Å²) in [4.78, 5) is 21.1. The molecule has 1 saturated heterocycles. The molecule has 1 atom stereocenters. The first-order chi connectivity index (χ1) is 16.2. The van der Waals surface area contributed by atoms with E-state index >= 15 is 0 Å². The molecule has 0 spiro atoms. The number of halogens is 3.